The van der Waals surface area contributed by atoms with Gasteiger partial charge in [0, 0.05) is 19.7 Å². The zero-order valence-corrected chi connectivity index (χ0v) is 13.2. The van der Waals surface area contributed by atoms with Crippen molar-refractivity contribution in [3.8, 4) is 5.75 Å². The first-order valence-electron chi connectivity index (χ1n) is 6.65. The van der Waals surface area contributed by atoms with E-state index in [1.165, 1.54) is 31.3 Å². The summed E-state index contributed by atoms with van der Waals surface area (Å²) in [6, 6.07) is 7.52. The maximum absolute atomic E-state index is 13.7. The zero-order valence-electron chi connectivity index (χ0n) is 12.4. The van der Waals surface area contributed by atoms with Crippen molar-refractivity contribution >= 4 is 10.0 Å². The van der Waals surface area contributed by atoms with E-state index in [9.17, 15) is 26.0 Å². The quantitative estimate of drug-likeness (QED) is 0.739. The third-order valence-electron chi connectivity index (χ3n) is 3.14. The predicted octanol–water partition coefficient (Wildman–Crippen LogP) is 3.39. The molecule has 0 radical (unpaired) electrons. The highest BCUT2D eigenvalue weighted by molar-refractivity contribution is 7.89. The second-order valence-corrected chi connectivity index (χ2v) is 6.87. The molecule has 0 aliphatic carbocycles. The average molecular weight is 363 g/mol. The van der Waals surface area contributed by atoms with Crippen LogP contribution in [0.1, 0.15) is 5.56 Å². The normalized spacial score (nSPS) is 12.0. The van der Waals surface area contributed by atoms with E-state index in [2.05, 4.69) is 4.74 Å². The van der Waals surface area contributed by atoms with E-state index in [1.54, 1.807) is 0 Å². The van der Waals surface area contributed by atoms with Crippen LogP contribution in [0.3, 0.4) is 0 Å². The molecule has 4 nitrogen and oxygen atoms in total. The number of ether oxygens (including phenoxy) is 1. The van der Waals surface area contributed by atoms with Crippen LogP contribution in [0.15, 0.2) is 47.4 Å². The van der Waals surface area contributed by atoms with Crippen molar-refractivity contribution in [1.29, 1.82) is 0 Å². The van der Waals surface area contributed by atoms with Crippen molar-refractivity contribution < 1.29 is 30.7 Å². The molecular weight excluding hydrogens is 350 g/mol. The van der Waals surface area contributed by atoms with Crippen molar-refractivity contribution in [1.82, 2.24) is 4.31 Å². The minimum absolute atomic E-state index is 0.0659. The highest BCUT2D eigenvalue weighted by Crippen LogP contribution is 2.22. The topological polar surface area (TPSA) is 46.6 Å². The monoisotopic (exact) mass is 363 g/mol. The molecule has 0 N–H and O–H groups in total. The van der Waals surface area contributed by atoms with Crippen molar-refractivity contribution in [3.05, 3.63) is 59.7 Å². The number of nitrogens with zero attached hydrogens (tertiary/aromatic N) is 1. The molecule has 24 heavy (non-hydrogen) atoms. The summed E-state index contributed by atoms with van der Waals surface area (Å²) >= 11 is 0. The lowest BCUT2D eigenvalue weighted by Gasteiger charge is -2.18. The number of alkyl halides is 2. The van der Waals surface area contributed by atoms with Gasteiger partial charge in [0.25, 0.3) is 0 Å². The average Bonchev–Trinajstić information content (AvgIpc) is 2.48. The van der Waals surface area contributed by atoms with E-state index in [4.69, 9.17) is 0 Å². The van der Waals surface area contributed by atoms with Crippen LogP contribution in [0.25, 0.3) is 0 Å². The van der Waals surface area contributed by atoms with Crippen LogP contribution in [0.5, 0.6) is 5.75 Å². The standard InChI is InChI=1S/C15H13F4NO3S/c1-20(9-10-2-5-12(6-3-10)23-15(18)19)24(21,22)14-7-4-11(16)8-13(14)17/h2-8,15H,9H2,1H3. The third-order valence-corrected chi connectivity index (χ3v) is 4.97. The first kappa shape index (κ1) is 18.2. The summed E-state index contributed by atoms with van der Waals surface area (Å²) < 4.78 is 80.4. The van der Waals surface area contributed by atoms with E-state index in [-0.39, 0.29) is 12.3 Å². The molecule has 130 valence electrons. The van der Waals surface area contributed by atoms with Crippen LogP contribution in [0.2, 0.25) is 0 Å². The first-order valence-corrected chi connectivity index (χ1v) is 8.09. The maximum Gasteiger partial charge on any atom is 0.387 e. The summed E-state index contributed by atoms with van der Waals surface area (Å²) in [6.45, 7) is -3.09. The molecule has 0 aliphatic rings. The molecule has 0 heterocycles. The molecule has 0 bridgehead atoms. The Hall–Kier alpha value is -2.13. The molecule has 0 aromatic heterocycles. The molecule has 0 spiro atoms. The summed E-state index contributed by atoms with van der Waals surface area (Å²) in [5, 5.41) is 0. The Kier molecular flexibility index (Phi) is 5.45. The number of hydrogen-bond donors (Lipinski definition) is 0. The minimum atomic E-state index is -4.17. The summed E-state index contributed by atoms with van der Waals surface area (Å²) in [5.41, 5.74) is 0.477. The molecule has 0 saturated heterocycles. The molecule has 0 amide bonds. The van der Waals surface area contributed by atoms with Crippen molar-refractivity contribution in [2.75, 3.05) is 7.05 Å². The Morgan fingerprint density at radius 3 is 2.25 bits per heavy atom. The smallest absolute Gasteiger partial charge is 0.387 e. The Balaban J connectivity index is 2.17. The van der Waals surface area contributed by atoms with Crippen molar-refractivity contribution in [3.63, 3.8) is 0 Å². The Morgan fingerprint density at radius 2 is 1.71 bits per heavy atom. The van der Waals surface area contributed by atoms with Gasteiger partial charge < -0.3 is 4.74 Å². The van der Waals surface area contributed by atoms with Crippen LogP contribution in [-0.4, -0.2) is 26.4 Å². The van der Waals surface area contributed by atoms with Crippen LogP contribution >= 0.6 is 0 Å². The van der Waals surface area contributed by atoms with Gasteiger partial charge in [-0.15, -0.1) is 0 Å². The molecule has 0 saturated carbocycles. The van der Waals surface area contributed by atoms with Crippen LogP contribution in [-0.2, 0) is 16.6 Å². The molecule has 9 heteroatoms. The van der Waals surface area contributed by atoms with Crippen molar-refractivity contribution in [2.45, 2.75) is 18.1 Å². The Labute approximate surface area is 136 Å². The molecule has 2 aromatic carbocycles. The fourth-order valence-corrected chi connectivity index (χ4v) is 3.17. The van der Waals surface area contributed by atoms with E-state index in [0.717, 1.165) is 16.4 Å². The van der Waals surface area contributed by atoms with Gasteiger partial charge in [-0.1, -0.05) is 12.1 Å². The Bertz CT molecular complexity index is 810. The SMILES string of the molecule is CN(Cc1ccc(OC(F)F)cc1)S(=O)(=O)c1ccc(F)cc1F. The van der Waals surface area contributed by atoms with Crippen LogP contribution < -0.4 is 4.74 Å². The second kappa shape index (κ2) is 7.18. The largest absolute Gasteiger partial charge is 0.435 e. The lowest BCUT2D eigenvalue weighted by Crippen LogP contribution is -2.27. The van der Waals surface area contributed by atoms with Crippen LogP contribution in [0, 0.1) is 11.6 Å². The fourth-order valence-electron chi connectivity index (χ4n) is 1.97. The molecule has 2 rings (SSSR count). The number of hydrogen-bond acceptors (Lipinski definition) is 3. The molecule has 0 atom stereocenters. The van der Waals surface area contributed by atoms with E-state index in [1.807, 2.05) is 0 Å². The van der Waals surface area contributed by atoms with Gasteiger partial charge >= 0.3 is 6.61 Å². The highest BCUT2D eigenvalue weighted by Gasteiger charge is 2.24. The van der Waals surface area contributed by atoms with Gasteiger partial charge in [-0.2, -0.15) is 13.1 Å². The summed E-state index contributed by atoms with van der Waals surface area (Å²) in [6.07, 6.45) is 0. The van der Waals surface area contributed by atoms with Gasteiger partial charge in [0.1, 0.15) is 22.3 Å². The molecule has 2 aromatic rings. The van der Waals surface area contributed by atoms with E-state index >= 15 is 0 Å². The lowest BCUT2D eigenvalue weighted by atomic mass is 10.2. The maximum atomic E-state index is 13.7. The number of rotatable bonds is 6. The summed E-state index contributed by atoms with van der Waals surface area (Å²) in [7, 11) is -2.95. The molecular formula is C15H13F4NO3S. The van der Waals surface area contributed by atoms with Gasteiger partial charge in [0.15, 0.2) is 0 Å². The summed E-state index contributed by atoms with van der Waals surface area (Å²) in [5.74, 6) is -2.14. The summed E-state index contributed by atoms with van der Waals surface area (Å²) in [4.78, 5) is -0.649. The van der Waals surface area contributed by atoms with Gasteiger partial charge in [-0.25, -0.2) is 17.2 Å². The highest BCUT2D eigenvalue weighted by atomic mass is 32.2. The molecule has 0 unspecified atom stereocenters. The second-order valence-electron chi connectivity index (χ2n) is 4.86. The molecule has 0 aliphatic heterocycles. The Morgan fingerprint density at radius 1 is 1.08 bits per heavy atom. The minimum Gasteiger partial charge on any atom is -0.435 e. The molecule has 0 fully saturated rings. The number of sulfonamides is 1. The predicted molar refractivity (Wildman–Crippen MR) is 78.1 cm³/mol. The van der Waals surface area contributed by atoms with Crippen molar-refractivity contribution in [2.24, 2.45) is 0 Å². The third kappa shape index (κ3) is 4.24. The van der Waals surface area contributed by atoms with Crippen LogP contribution in [0.4, 0.5) is 17.6 Å². The zero-order chi connectivity index (χ0) is 17.9. The van der Waals surface area contributed by atoms with Gasteiger partial charge in [-0.05, 0) is 29.8 Å². The number of benzene rings is 2. The van der Waals surface area contributed by atoms with E-state index < -0.39 is 33.2 Å². The lowest BCUT2D eigenvalue weighted by molar-refractivity contribution is -0.0498. The van der Waals surface area contributed by atoms with Gasteiger partial charge in [-0.3, -0.25) is 0 Å². The van der Waals surface area contributed by atoms with Gasteiger partial charge in [0.2, 0.25) is 10.0 Å². The fraction of sp³-hybridized carbons (Fsp3) is 0.200. The number of halogens is 4. The van der Waals surface area contributed by atoms with Gasteiger partial charge in [0.05, 0.1) is 0 Å². The van der Waals surface area contributed by atoms with E-state index in [0.29, 0.717) is 11.6 Å². The first-order chi connectivity index (χ1) is 11.2.